The third kappa shape index (κ3) is 5.18. The van der Waals surface area contributed by atoms with Gasteiger partial charge in [0.15, 0.2) is 0 Å². The summed E-state index contributed by atoms with van der Waals surface area (Å²) in [6.45, 7) is 9.66. The number of carbonyl (C=O) groups excluding carboxylic acids is 2. The highest BCUT2D eigenvalue weighted by Gasteiger charge is 2.64. The molecule has 1 aliphatic heterocycles. The lowest BCUT2D eigenvalue weighted by molar-refractivity contribution is -0.164. The molecule has 1 saturated carbocycles. The molecule has 2 amide bonds. The molecule has 0 spiro atoms. The van der Waals surface area contributed by atoms with Crippen LogP contribution in [-0.4, -0.2) is 53.7 Å². The third-order valence-electron chi connectivity index (χ3n) is 7.98. The van der Waals surface area contributed by atoms with Gasteiger partial charge >= 0.3 is 0 Å². The number of aliphatic hydroxyl groups is 1. The fraction of sp³-hybridized carbons (Fsp3) is 0.483. The van der Waals surface area contributed by atoms with Crippen LogP contribution in [0.2, 0.25) is 5.02 Å². The standard InChI is InChI=1S/C29H34ClN3O4/c1-28(2)26(29(3,4)27(28)37-22-10-9-21(16-31)23(30)15-22)32-24(35)19-5-7-20(8-6-19)25(36)33-13-11-18(17-34)12-14-33/h5-10,15,18,26-27,34H,11-14,17H2,1-4H3,(H,32,35). The fourth-order valence-corrected chi connectivity index (χ4v) is 6.29. The Hall–Kier alpha value is -3.08. The van der Waals surface area contributed by atoms with Gasteiger partial charge < -0.3 is 20.1 Å². The predicted octanol–water partition coefficient (Wildman–Crippen LogP) is 4.67. The van der Waals surface area contributed by atoms with Crippen LogP contribution in [0.1, 0.15) is 66.8 Å². The summed E-state index contributed by atoms with van der Waals surface area (Å²) in [6.07, 6.45) is 1.42. The number of nitriles is 1. The predicted molar refractivity (Wildman–Crippen MR) is 142 cm³/mol. The van der Waals surface area contributed by atoms with Crippen molar-refractivity contribution in [2.75, 3.05) is 19.7 Å². The van der Waals surface area contributed by atoms with Crippen LogP contribution < -0.4 is 10.1 Å². The Kier molecular flexibility index (Phi) is 7.55. The van der Waals surface area contributed by atoms with Crippen molar-refractivity contribution in [2.24, 2.45) is 16.7 Å². The zero-order chi connectivity index (χ0) is 27.0. The van der Waals surface area contributed by atoms with Gasteiger partial charge in [-0.25, -0.2) is 0 Å². The molecular formula is C29H34ClN3O4. The molecule has 2 aromatic carbocycles. The monoisotopic (exact) mass is 523 g/mol. The topological polar surface area (TPSA) is 103 Å². The van der Waals surface area contributed by atoms with E-state index in [4.69, 9.17) is 21.6 Å². The summed E-state index contributed by atoms with van der Waals surface area (Å²) >= 11 is 6.18. The average molecular weight is 524 g/mol. The van der Waals surface area contributed by atoms with E-state index >= 15 is 0 Å². The molecule has 2 aliphatic rings. The van der Waals surface area contributed by atoms with Crippen LogP contribution in [0.15, 0.2) is 42.5 Å². The van der Waals surface area contributed by atoms with Crippen molar-refractivity contribution in [3.63, 3.8) is 0 Å². The number of rotatable bonds is 6. The number of hydrogen-bond acceptors (Lipinski definition) is 5. The van der Waals surface area contributed by atoms with Gasteiger partial charge in [0.1, 0.15) is 17.9 Å². The Morgan fingerprint density at radius 3 is 2.22 bits per heavy atom. The largest absolute Gasteiger partial charge is 0.489 e. The maximum absolute atomic E-state index is 13.1. The normalized spacial score (nSPS) is 22.5. The van der Waals surface area contributed by atoms with E-state index in [2.05, 4.69) is 33.0 Å². The van der Waals surface area contributed by atoms with Gasteiger partial charge in [0.05, 0.1) is 10.6 Å². The van der Waals surface area contributed by atoms with E-state index in [1.54, 1.807) is 42.5 Å². The molecule has 2 aromatic rings. The zero-order valence-corrected chi connectivity index (χ0v) is 22.5. The van der Waals surface area contributed by atoms with E-state index in [0.717, 1.165) is 12.8 Å². The van der Waals surface area contributed by atoms with Crippen molar-refractivity contribution in [2.45, 2.75) is 52.7 Å². The lowest BCUT2D eigenvalue weighted by Crippen LogP contribution is -2.74. The lowest BCUT2D eigenvalue weighted by Gasteiger charge is -2.63. The molecule has 0 radical (unpaired) electrons. The summed E-state index contributed by atoms with van der Waals surface area (Å²) in [7, 11) is 0. The van der Waals surface area contributed by atoms with Gasteiger partial charge in [-0.2, -0.15) is 5.26 Å². The van der Waals surface area contributed by atoms with Gasteiger partial charge in [-0.15, -0.1) is 0 Å². The molecule has 1 aliphatic carbocycles. The fourth-order valence-electron chi connectivity index (χ4n) is 6.08. The quantitative estimate of drug-likeness (QED) is 0.573. The number of aliphatic hydroxyl groups excluding tert-OH is 1. The Bertz CT molecular complexity index is 1190. The van der Waals surface area contributed by atoms with Crippen molar-refractivity contribution in [3.8, 4) is 11.8 Å². The van der Waals surface area contributed by atoms with Crippen LogP contribution >= 0.6 is 11.6 Å². The highest BCUT2D eigenvalue weighted by molar-refractivity contribution is 6.31. The number of likely N-dealkylation sites (tertiary alicyclic amines) is 1. The van der Waals surface area contributed by atoms with Gasteiger partial charge in [0, 0.05) is 53.8 Å². The molecular weight excluding hydrogens is 490 g/mol. The van der Waals surface area contributed by atoms with E-state index in [-0.39, 0.29) is 47.3 Å². The Labute approximate surface area is 223 Å². The molecule has 196 valence electrons. The van der Waals surface area contributed by atoms with E-state index in [1.807, 2.05) is 11.0 Å². The first-order chi connectivity index (χ1) is 17.5. The molecule has 0 bridgehead atoms. The number of nitrogens with one attached hydrogen (secondary N) is 1. The second-order valence-corrected chi connectivity index (χ2v) is 11.7. The van der Waals surface area contributed by atoms with Crippen molar-refractivity contribution in [3.05, 3.63) is 64.2 Å². The second kappa shape index (κ2) is 10.4. The van der Waals surface area contributed by atoms with Crippen LogP contribution in [-0.2, 0) is 0 Å². The molecule has 2 fully saturated rings. The molecule has 8 heteroatoms. The van der Waals surface area contributed by atoms with Gasteiger partial charge in [-0.1, -0.05) is 39.3 Å². The molecule has 7 nitrogen and oxygen atoms in total. The smallest absolute Gasteiger partial charge is 0.253 e. The molecule has 0 atom stereocenters. The van der Waals surface area contributed by atoms with Crippen LogP contribution in [0.3, 0.4) is 0 Å². The Morgan fingerprint density at radius 2 is 1.68 bits per heavy atom. The van der Waals surface area contributed by atoms with Crippen LogP contribution in [0, 0.1) is 28.1 Å². The second-order valence-electron chi connectivity index (χ2n) is 11.3. The number of halogens is 1. The number of nitrogens with zero attached hydrogens (tertiary/aromatic N) is 2. The molecule has 0 aromatic heterocycles. The first kappa shape index (κ1) is 27.0. The van der Waals surface area contributed by atoms with Crippen molar-refractivity contribution in [1.82, 2.24) is 10.2 Å². The highest BCUT2D eigenvalue weighted by Crippen LogP contribution is 2.55. The van der Waals surface area contributed by atoms with Crippen LogP contribution in [0.25, 0.3) is 0 Å². The van der Waals surface area contributed by atoms with Gasteiger partial charge in [0.2, 0.25) is 0 Å². The Balaban J connectivity index is 1.39. The maximum atomic E-state index is 13.1. The summed E-state index contributed by atoms with van der Waals surface area (Å²) < 4.78 is 6.29. The van der Waals surface area contributed by atoms with Gasteiger partial charge in [-0.3, -0.25) is 9.59 Å². The summed E-state index contributed by atoms with van der Waals surface area (Å²) in [5.74, 6) is 0.601. The summed E-state index contributed by atoms with van der Waals surface area (Å²) in [4.78, 5) is 27.8. The number of piperidine rings is 1. The van der Waals surface area contributed by atoms with E-state index in [9.17, 15) is 14.7 Å². The number of benzene rings is 2. The number of amides is 2. The molecule has 4 rings (SSSR count). The molecule has 2 N–H and O–H groups in total. The summed E-state index contributed by atoms with van der Waals surface area (Å²) in [5.41, 5.74) is 0.709. The van der Waals surface area contributed by atoms with E-state index < -0.39 is 0 Å². The summed E-state index contributed by atoms with van der Waals surface area (Å²) in [6, 6.07) is 13.7. The first-order valence-corrected chi connectivity index (χ1v) is 13.0. The minimum absolute atomic E-state index is 0.0486. The third-order valence-corrected chi connectivity index (χ3v) is 8.30. The molecule has 1 heterocycles. The zero-order valence-electron chi connectivity index (χ0n) is 21.8. The number of carbonyl (C=O) groups is 2. The average Bonchev–Trinajstić information content (AvgIpc) is 2.89. The molecule has 37 heavy (non-hydrogen) atoms. The molecule has 1 saturated heterocycles. The van der Waals surface area contributed by atoms with Crippen LogP contribution in [0.5, 0.6) is 5.75 Å². The minimum atomic E-state index is -0.365. The van der Waals surface area contributed by atoms with Crippen molar-refractivity contribution >= 4 is 23.4 Å². The summed E-state index contributed by atoms with van der Waals surface area (Å²) in [5, 5.41) is 21.9. The van der Waals surface area contributed by atoms with Gasteiger partial charge in [-0.05, 0) is 55.2 Å². The van der Waals surface area contributed by atoms with Crippen molar-refractivity contribution < 1.29 is 19.4 Å². The SMILES string of the molecule is CC1(C)C(NC(=O)c2ccc(C(=O)N3CCC(CO)CC3)cc2)C(C)(C)C1Oc1ccc(C#N)c(Cl)c1. The lowest BCUT2D eigenvalue weighted by atomic mass is 9.49. The minimum Gasteiger partial charge on any atom is -0.489 e. The highest BCUT2D eigenvalue weighted by atomic mass is 35.5. The maximum Gasteiger partial charge on any atom is 0.253 e. The van der Waals surface area contributed by atoms with Crippen LogP contribution in [0.4, 0.5) is 0 Å². The van der Waals surface area contributed by atoms with E-state index in [1.165, 1.54) is 0 Å². The Morgan fingerprint density at radius 1 is 1.08 bits per heavy atom. The number of ether oxygens (including phenoxy) is 1. The van der Waals surface area contributed by atoms with Crippen molar-refractivity contribution in [1.29, 1.82) is 5.26 Å². The molecule has 0 unspecified atom stereocenters. The number of hydrogen-bond donors (Lipinski definition) is 2. The van der Waals surface area contributed by atoms with Gasteiger partial charge in [0.25, 0.3) is 11.8 Å². The van der Waals surface area contributed by atoms with E-state index in [0.29, 0.717) is 40.6 Å². The first-order valence-electron chi connectivity index (χ1n) is 12.7.